The summed E-state index contributed by atoms with van der Waals surface area (Å²) in [6, 6.07) is 13.2. The molecule has 2 aromatic rings. The zero-order chi connectivity index (χ0) is 13.9. The van der Waals surface area contributed by atoms with Crippen LogP contribution in [0.3, 0.4) is 0 Å². The van der Waals surface area contributed by atoms with Crippen molar-refractivity contribution in [3.63, 3.8) is 0 Å². The average Bonchev–Trinajstić information content (AvgIpc) is 2.39. The summed E-state index contributed by atoms with van der Waals surface area (Å²) < 4.78 is 28.2. The van der Waals surface area contributed by atoms with Gasteiger partial charge in [0.15, 0.2) is 9.84 Å². The SMILES string of the molecule is CS(=O)(=O)c1ccc(Oc2ccc(CO)cc2)cc1. The molecule has 0 bridgehead atoms. The van der Waals surface area contributed by atoms with Crippen molar-refractivity contribution in [3.05, 3.63) is 54.1 Å². The number of hydrogen-bond acceptors (Lipinski definition) is 4. The molecule has 0 fully saturated rings. The van der Waals surface area contributed by atoms with E-state index in [1.165, 1.54) is 12.1 Å². The van der Waals surface area contributed by atoms with Crippen LogP contribution in [-0.2, 0) is 16.4 Å². The van der Waals surface area contributed by atoms with E-state index < -0.39 is 9.84 Å². The Hall–Kier alpha value is -1.85. The lowest BCUT2D eigenvalue weighted by molar-refractivity contribution is 0.281. The zero-order valence-corrected chi connectivity index (χ0v) is 11.2. The van der Waals surface area contributed by atoms with Gasteiger partial charge in [-0.05, 0) is 42.0 Å². The van der Waals surface area contributed by atoms with E-state index in [2.05, 4.69) is 0 Å². The van der Waals surface area contributed by atoms with Crippen LogP contribution in [0, 0.1) is 0 Å². The summed E-state index contributed by atoms with van der Waals surface area (Å²) in [4.78, 5) is 0.260. The van der Waals surface area contributed by atoms with Crippen molar-refractivity contribution in [3.8, 4) is 11.5 Å². The van der Waals surface area contributed by atoms with E-state index in [1.807, 2.05) is 0 Å². The van der Waals surface area contributed by atoms with Crippen molar-refractivity contribution >= 4 is 9.84 Å². The Morgan fingerprint density at radius 3 is 1.84 bits per heavy atom. The van der Waals surface area contributed by atoms with Gasteiger partial charge in [-0.2, -0.15) is 0 Å². The molecule has 2 rings (SSSR count). The van der Waals surface area contributed by atoms with Gasteiger partial charge >= 0.3 is 0 Å². The molecule has 2 aromatic carbocycles. The van der Waals surface area contributed by atoms with Crippen LogP contribution in [0.4, 0.5) is 0 Å². The van der Waals surface area contributed by atoms with Crippen LogP contribution in [0.2, 0.25) is 0 Å². The summed E-state index contributed by atoms with van der Waals surface area (Å²) in [6.45, 7) is -0.0106. The molecule has 0 aliphatic carbocycles. The number of hydrogen-bond donors (Lipinski definition) is 1. The number of sulfone groups is 1. The van der Waals surface area contributed by atoms with E-state index in [-0.39, 0.29) is 11.5 Å². The maximum absolute atomic E-state index is 11.3. The minimum Gasteiger partial charge on any atom is -0.457 e. The Labute approximate surface area is 112 Å². The second-order valence-corrected chi connectivity index (χ2v) is 6.16. The Balaban J connectivity index is 2.15. The van der Waals surface area contributed by atoms with Crippen molar-refractivity contribution in [2.45, 2.75) is 11.5 Å². The fraction of sp³-hybridized carbons (Fsp3) is 0.143. The summed E-state index contributed by atoms with van der Waals surface area (Å²) in [5, 5.41) is 8.93. The minimum atomic E-state index is -3.18. The maximum atomic E-state index is 11.3. The second-order valence-electron chi connectivity index (χ2n) is 4.15. The number of aliphatic hydroxyl groups excluding tert-OH is 1. The van der Waals surface area contributed by atoms with Gasteiger partial charge < -0.3 is 9.84 Å². The Morgan fingerprint density at radius 2 is 1.42 bits per heavy atom. The van der Waals surface area contributed by atoms with Crippen molar-refractivity contribution in [1.82, 2.24) is 0 Å². The molecule has 0 radical (unpaired) electrons. The molecule has 0 atom stereocenters. The molecular weight excluding hydrogens is 264 g/mol. The van der Waals surface area contributed by atoms with Crippen molar-refractivity contribution < 1.29 is 18.3 Å². The summed E-state index contributed by atoms with van der Waals surface area (Å²) in [7, 11) is -3.18. The standard InChI is InChI=1S/C14H14O4S/c1-19(16,17)14-8-6-13(7-9-14)18-12-4-2-11(10-15)3-5-12/h2-9,15H,10H2,1H3. The fourth-order valence-corrected chi connectivity index (χ4v) is 2.18. The highest BCUT2D eigenvalue weighted by Crippen LogP contribution is 2.23. The van der Waals surface area contributed by atoms with Crippen LogP contribution >= 0.6 is 0 Å². The Morgan fingerprint density at radius 1 is 0.947 bits per heavy atom. The second kappa shape index (κ2) is 5.42. The minimum absolute atomic E-state index is 0.0106. The van der Waals surface area contributed by atoms with E-state index in [9.17, 15) is 8.42 Å². The first-order chi connectivity index (χ1) is 8.99. The fourth-order valence-electron chi connectivity index (χ4n) is 1.55. The highest BCUT2D eigenvalue weighted by Gasteiger charge is 2.06. The molecule has 5 heteroatoms. The molecule has 100 valence electrons. The first kappa shape index (κ1) is 13.6. The van der Waals surface area contributed by atoms with Crippen LogP contribution < -0.4 is 4.74 Å². The third kappa shape index (κ3) is 3.56. The molecule has 4 nitrogen and oxygen atoms in total. The summed E-state index contributed by atoms with van der Waals surface area (Å²) in [5.74, 6) is 1.19. The van der Waals surface area contributed by atoms with Crippen LogP contribution in [-0.4, -0.2) is 19.8 Å². The monoisotopic (exact) mass is 278 g/mol. The van der Waals surface area contributed by atoms with Crippen molar-refractivity contribution in [2.24, 2.45) is 0 Å². The topological polar surface area (TPSA) is 63.6 Å². The van der Waals surface area contributed by atoms with Gasteiger partial charge in [-0.1, -0.05) is 12.1 Å². The number of ether oxygens (including phenoxy) is 1. The van der Waals surface area contributed by atoms with Gasteiger partial charge in [0.1, 0.15) is 11.5 Å². The van der Waals surface area contributed by atoms with Gasteiger partial charge in [-0.3, -0.25) is 0 Å². The predicted molar refractivity (Wildman–Crippen MR) is 72.0 cm³/mol. The van der Waals surface area contributed by atoms with Gasteiger partial charge in [0.2, 0.25) is 0 Å². The lowest BCUT2D eigenvalue weighted by Crippen LogP contribution is -1.96. The lowest BCUT2D eigenvalue weighted by atomic mass is 10.2. The number of rotatable bonds is 4. The first-order valence-electron chi connectivity index (χ1n) is 5.67. The Bertz CT molecular complexity index is 643. The molecule has 0 amide bonds. The van der Waals surface area contributed by atoms with Gasteiger partial charge in [-0.25, -0.2) is 8.42 Å². The summed E-state index contributed by atoms with van der Waals surface area (Å²) in [5.41, 5.74) is 0.805. The molecule has 0 unspecified atom stereocenters. The van der Waals surface area contributed by atoms with Crippen molar-refractivity contribution in [2.75, 3.05) is 6.26 Å². The quantitative estimate of drug-likeness (QED) is 0.932. The largest absolute Gasteiger partial charge is 0.457 e. The van der Waals surface area contributed by atoms with Crippen LogP contribution in [0.5, 0.6) is 11.5 Å². The average molecular weight is 278 g/mol. The van der Waals surface area contributed by atoms with E-state index in [0.717, 1.165) is 11.8 Å². The lowest BCUT2D eigenvalue weighted by Gasteiger charge is -2.06. The third-order valence-electron chi connectivity index (χ3n) is 2.59. The van der Waals surface area contributed by atoms with Crippen LogP contribution in [0.1, 0.15) is 5.56 Å². The molecule has 0 aliphatic rings. The van der Waals surface area contributed by atoms with E-state index >= 15 is 0 Å². The van der Waals surface area contributed by atoms with Crippen LogP contribution in [0.15, 0.2) is 53.4 Å². The van der Waals surface area contributed by atoms with Gasteiger partial charge in [0.25, 0.3) is 0 Å². The third-order valence-corrected chi connectivity index (χ3v) is 3.72. The van der Waals surface area contributed by atoms with Crippen LogP contribution in [0.25, 0.3) is 0 Å². The summed E-state index contributed by atoms with van der Waals surface area (Å²) >= 11 is 0. The highest BCUT2D eigenvalue weighted by atomic mass is 32.2. The van der Waals surface area contributed by atoms with Gasteiger partial charge in [-0.15, -0.1) is 0 Å². The van der Waals surface area contributed by atoms with E-state index in [1.54, 1.807) is 36.4 Å². The smallest absolute Gasteiger partial charge is 0.175 e. The summed E-state index contributed by atoms with van der Waals surface area (Å²) in [6.07, 6.45) is 1.16. The number of benzene rings is 2. The molecule has 0 saturated heterocycles. The van der Waals surface area contributed by atoms with E-state index in [4.69, 9.17) is 9.84 Å². The van der Waals surface area contributed by atoms with Crippen molar-refractivity contribution in [1.29, 1.82) is 0 Å². The molecule has 0 spiro atoms. The van der Waals surface area contributed by atoms with Gasteiger partial charge in [0, 0.05) is 6.26 Å². The first-order valence-corrected chi connectivity index (χ1v) is 7.56. The maximum Gasteiger partial charge on any atom is 0.175 e. The molecule has 19 heavy (non-hydrogen) atoms. The zero-order valence-electron chi connectivity index (χ0n) is 10.4. The highest BCUT2D eigenvalue weighted by molar-refractivity contribution is 7.90. The molecule has 0 saturated carbocycles. The normalized spacial score (nSPS) is 11.3. The molecule has 0 heterocycles. The van der Waals surface area contributed by atoms with E-state index in [0.29, 0.717) is 11.5 Å². The molecule has 0 aromatic heterocycles. The molecular formula is C14H14O4S. The number of aliphatic hydroxyl groups is 1. The Kier molecular flexibility index (Phi) is 3.87. The molecule has 0 aliphatic heterocycles. The molecule has 1 N–H and O–H groups in total. The predicted octanol–water partition coefficient (Wildman–Crippen LogP) is 2.37. The van der Waals surface area contributed by atoms with Gasteiger partial charge in [0.05, 0.1) is 11.5 Å².